The van der Waals surface area contributed by atoms with Crippen LogP contribution in [0.15, 0.2) is 42.5 Å². The van der Waals surface area contributed by atoms with Gasteiger partial charge in [0.1, 0.15) is 22.9 Å². The van der Waals surface area contributed by atoms with Crippen molar-refractivity contribution < 1.29 is 19.0 Å². The van der Waals surface area contributed by atoms with E-state index >= 15 is 0 Å². The zero-order valence-electron chi connectivity index (χ0n) is 11.7. The molecule has 0 aromatic heterocycles. The van der Waals surface area contributed by atoms with Gasteiger partial charge in [-0.1, -0.05) is 18.2 Å². The van der Waals surface area contributed by atoms with Crippen molar-refractivity contribution in [1.29, 1.82) is 0 Å². The first-order chi connectivity index (χ1) is 9.50. The molecule has 2 rings (SSSR count). The van der Waals surface area contributed by atoms with Gasteiger partial charge in [-0.15, -0.1) is 0 Å². The molecule has 0 heterocycles. The van der Waals surface area contributed by atoms with Crippen LogP contribution in [0, 0.1) is 5.82 Å². The summed E-state index contributed by atoms with van der Waals surface area (Å²) in [4.78, 5) is 0. The first kappa shape index (κ1) is 14.3. The molecule has 20 heavy (non-hydrogen) atoms. The van der Waals surface area contributed by atoms with Crippen LogP contribution in [-0.2, 0) is 5.60 Å². The topological polar surface area (TPSA) is 38.7 Å². The number of aliphatic hydroxyl groups is 1. The second-order valence-corrected chi connectivity index (χ2v) is 4.62. The van der Waals surface area contributed by atoms with Crippen LogP contribution in [0.2, 0.25) is 0 Å². The average molecular weight is 276 g/mol. The summed E-state index contributed by atoms with van der Waals surface area (Å²) >= 11 is 0. The molecule has 1 atom stereocenters. The lowest BCUT2D eigenvalue weighted by Crippen LogP contribution is -2.25. The maximum Gasteiger partial charge on any atom is 0.129 e. The Morgan fingerprint density at radius 1 is 1.00 bits per heavy atom. The summed E-state index contributed by atoms with van der Waals surface area (Å²) in [7, 11) is 3.04. The van der Waals surface area contributed by atoms with Crippen LogP contribution in [0.5, 0.6) is 11.5 Å². The van der Waals surface area contributed by atoms with Gasteiger partial charge >= 0.3 is 0 Å². The van der Waals surface area contributed by atoms with Gasteiger partial charge in [0.2, 0.25) is 0 Å². The minimum absolute atomic E-state index is 0.198. The summed E-state index contributed by atoms with van der Waals surface area (Å²) in [6.07, 6.45) is 0. The third-order valence-corrected chi connectivity index (χ3v) is 3.33. The fourth-order valence-corrected chi connectivity index (χ4v) is 2.20. The second kappa shape index (κ2) is 5.51. The molecule has 0 aliphatic rings. The van der Waals surface area contributed by atoms with Crippen molar-refractivity contribution in [2.24, 2.45) is 0 Å². The standard InChI is InChI=1S/C16H17FO3/c1-16(18,12-6-4-5-7-14(12)17)13-9-8-11(19-2)10-15(13)20-3/h4-10,18H,1-3H3. The molecule has 0 radical (unpaired) electrons. The van der Waals surface area contributed by atoms with E-state index in [1.807, 2.05) is 0 Å². The fourth-order valence-electron chi connectivity index (χ4n) is 2.20. The molecular formula is C16H17FO3. The Bertz CT molecular complexity index is 608. The number of hydrogen-bond donors (Lipinski definition) is 1. The van der Waals surface area contributed by atoms with Crippen LogP contribution >= 0.6 is 0 Å². The zero-order valence-corrected chi connectivity index (χ0v) is 11.7. The maximum atomic E-state index is 13.9. The highest BCUT2D eigenvalue weighted by Crippen LogP contribution is 2.38. The highest BCUT2D eigenvalue weighted by atomic mass is 19.1. The van der Waals surface area contributed by atoms with E-state index in [-0.39, 0.29) is 5.56 Å². The lowest BCUT2D eigenvalue weighted by molar-refractivity contribution is 0.0947. The monoisotopic (exact) mass is 276 g/mol. The first-order valence-electron chi connectivity index (χ1n) is 6.20. The summed E-state index contributed by atoms with van der Waals surface area (Å²) in [5.41, 5.74) is -0.822. The summed E-state index contributed by atoms with van der Waals surface area (Å²) in [5.74, 6) is 0.586. The van der Waals surface area contributed by atoms with Crippen LogP contribution in [0.25, 0.3) is 0 Å². The Hall–Kier alpha value is -2.07. The van der Waals surface area contributed by atoms with E-state index in [9.17, 15) is 9.50 Å². The molecule has 0 spiro atoms. The molecule has 0 aliphatic heterocycles. The minimum atomic E-state index is -1.50. The smallest absolute Gasteiger partial charge is 0.129 e. The SMILES string of the molecule is COc1ccc(C(C)(O)c2ccccc2F)c(OC)c1. The third-order valence-electron chi connectivity index (χ3n) is 3.33. The average Bonchev–Trinajstić information content (AvgIpc) is 2.46. The molecule has 0 aliphatic carbocycles. The van der Waals surface area contributed by atoms with Crippen LogP contribution in [-0.4, -0.2) is 19.3 Å². The van der Waals surface area contributed by atoms with Gasteiger partial charge in [-0.2, -0.15) is 0 Å². The molecule has 0 saturated carbocycles. The van der Waals surface area contributed by atoms with Crippen LogP contribution < -0.4 is 9.47 Å². The number of hydrogen-bond acceptors (Lipinski definition) is 3. The zero-order chi connectivity index (χ0) is 14.8. The van der Waals surface area contributed by atoms with Crippen molar-refractivity contribution in [3.05, 3.63) is 59.4 Å². The quantitative estimate of drug-likeness (QED) is 0.932. The number of benzene rings is 2. The Morgan fingerprint density at radius 3 is 2.30 bits per heavy atom. The Morgan fingerprint density at radius 2 is 1.70 bits per heavy atom. The van der Waals surface area contributed by atoms with E-state index in [1.54, 1.807) is 43.5 Å². The van der Waals surface area contributed by atoms with Crippen molar-refractivity contribution in [3.63, 3.8) is 0 Å². The van der Waals surface area contributed by atoms with E-state index in [1.165, 1.54) is 20.1 Å². The van der Waals surface area contributed by atoms with Gasteiger partial charge in [0.05, 0.1) is 14.2 Å². The third kappa shape index (κ3) is 2.47. The van der Waals surface area contributed by atoms with Gasteiger partial charge in [-0.05, 0) is 25.1 Å². The van der Waals surface area contributed by atoms with E-state index in [4.69, 9.17) is 9.47 Å². The summed E-state index contributed by atoms with van der Waals surface area (Å²) < 4.78 is 24.3. The first-order valence-corrected chi connectivity index (χ1v) is 6.20. The molecule has 0 saturated heterocycles. The molecule has 0 amide bonds. The van der Waals surface area contributed by atoms with Gasteiger partial charge < -0.3 is 14.6 Å². The van der Waals surface area contributed by atoms with Gasteiger partial charge in [0.25, 0.3) is 0 Å². The largest absolute Gasteiger partial charge is 0.497 e. The van der Waals surface area contributed by atoms with Gasteiger partial charge in [0.15, 0.2) is 0 Å². The normalized spacial score (nSPS) is 13.7. The molecular weight excluding hydrogens is 259 g/mol. The lowest BCUT2D eigenvalue weighted by atomic mass is 9.87. The molecule has 106 valence electrons. The van der Waals surface area contributed by atoms with Crippen molar-refractivity contribution in [3.8, 4) is 11.5 Å². The summed E-state index contributed by atoms with van der Waals surface area (Å²) in [6.45, 7) is 1.54. The predicted octanol–water partition coefficient (Wildman–Crippen LogP) is 3.10. The number of rotatable bonds is 4. The Balaban J connectivity index is 2.57. The molecule has 1 N–H and O–H groups in total. The highest BCUT2D eigenvalue weighted by molar-refractivity contribution is 5.48. The molecule has 0 bridgehead atoms. The molecule has 1 unspecified atom stereocenters. The highest BCUT2D eigenvalue weighted by Gasteiger charge is 2.31. The van der Waals surface area contributed by atoms with Gasteiger partial charge in [-0.3, -0.25) is 0 Å². The second-order valence-electron chi connectivity index (χ2n) is 4.62. The maximum absolute atomic E-state index is 13.9. The summed E-state index contributed by atoms with van der Waals surface area (Å²) in [6, 6.07) is 11.2. The van der Waals surface area contributed by atoms with Gasteiger partial charge in [-0.25, -0.2) is 4.39 Å². The molecule has 2 aromatic carbocycles. The Labute approximate surface area is 117 Å². The van der Waals surface area contributed by atoms with E-state index in [0.29, 0.717) is 17.1 Å². The predicted molar refractivity (Wildman–Crippen MR) is 74.6 cm³/mol. The van der Waals surface area contributed by atoms with Crippen LogP contribution in [0.3, 0.4) is 0 Å². The molecule has 3 nitrogen and oxygen atoms in total. The van der Waals surface area contributed by atoms with Crippen LogP contribution in [0.1, 0.15) is 18.1 Å². The van der Waals surface area contributed by atoms with E-state index in [2.05, 4.69) is 0 Å². The fraction of sp³-hybridized carbons (Fsp3) is 0.250. The van der Waals surface area contributed by atoms with E-state index in [0.717, 1.165) is 0 Å². The molecule has 2 aromatic rings. The van der Waals surface area contributed by atoms with E-state index < -0.39 is 11.4 Å². The van der Waals surface area contributed by atoms with Crippen molar-refractivity contribution >= 4 is 0 Å². The van der Waals surface area contributed by atoms with Crippen molar-refractivity contribution in [1.82, 2.24) is 0 Å². The summed E-state index contributed by atoms with van der Waals surface area (Å²) in [5, 5.41) is 10.8. The van der Waals surface area contributed by atoms with Crippen LogP contribution in [0.4, 0.5) is 4.39 Å². The van der Waals surface area contributed by atoms with Gasteiger partial charge in [0, 0.05) is 17.2 Å². The number of ether oxygens (including phenoxy) is 2. The number of methoxy groups -OCH3 is 2. The van der Waals surface area contributed by atoms with Crippen molar-refractivity contribution in [2.75, 3.05) is 14.2 Å². The molecule has 4 heteroatoms. The van der Waals surface area contributed by atoms with Crippen molar-refractivity contribution in [2.45, 2.75) is 12.5 Å². The minimum Gasteiger partial charge on any atom is -0.497 e. The lowest BCUT2D eigenvalue weighted by Gasteiger charge is -2.27. The Kier molecular flexibility index (Phi) is 3.95. The molecule has 0 fully saturated rings. The number of halogens is 1.